The zero-order valence-electron chi connectivity index (χ0n) is 16.7. The summed E-state index contributed by atoms with van der Waals surface area (Å²) in [6, 6.07) is 14.9. The van der Waals surface area contributed by atoms with Crippen molar-refractivity contribution in [2.45, 2.75) is 45.0 Å². The first-order valence-corrected chi connectivity index (χ1v) is 13.4. The molecule has 0 saturated heterocycles. The first-order chi connectivity index (χ1) is 12.8. The molecule has 2 aromatic rings. The van der Waals surface area contributed by atoms with E-state index in [0.29, 0.717) is 16.9 Å². The van der Waals surface area contributed by atoms with Crippen LogP contribution in [-0.4, -0.2) is 23.9 Å². The Morgan fingerprint density at radius 2 is 1.64 bits per heavy atom. The lowest BCUT2D eigenvalue weighted by Gasteiger charge is -2.36. The second-order valence-corrected chi connectivity index (χ2v) is 14.1. The molecule has 28 heavy (non-hydrogen) atoms. The van der Waals surface area contributed by atoms with Crippen molar-refractivity contribution < 1.29 is 28.1 Å². The molecule has 0 saturated carbocycles. The van der Waals surface area contributed by atoms with Gasteiger partial charge >= 0.3 is 7.82 Å². The fourth-order valence-corrected chi connectivity index (χ4v) is 3.85. The van der Waals surface area contributed by atoms with E-state index in [2.05, 4.69) is 33.9 Å². The number of benzene rings is 2. The minimum atomic E-state index is -4.90. The Kier molecular flexibility index (Phi) is 6.69. The molecule has 0 aliphatic heterocycles. The highest BCUT2D eigenvalue weighted by Crippen LogP contribution is 2.44. The van der Waals surface area contributed by atoms with Gasteiger partial charge in [0.2, 0.25) is 8.32 Å². The number of hydrogen-bond donors (Lipinski definition) is 2. The minimum absolute atomic E-state index is 0.0232. The summed E-state index contributed by atoms with van der Waals surface area (Å²) in [5.41, 5.74) is 0.630. The zero-order chi connectivity index (χ0) is 21.2. The fourth-order valence-electron chi connectivity index (χ4n) is 2.34. The third-order valence-corrected chi connectivity index (χ3v) is 9.72. The van der Waals surface area contributed by atoms with Gasteiger partial charge in [-0.3, -0.25) is 9.32 Å². The van der Waals surface area contributed by atoms with E-state index in [1.807, 2.05) is 0 Å². The molecule has 152 valence electrons. The van der Waals surface area contributed by atoms with Crippen molar-refractivity contribution in [1.29, 1.82) is 0 Å². The maximum atomic E-state index is 12.9. The first kappa shape index (κ1) is 22.5. The second kappa shape index (κ2) is 8.31. The maximum absolute atomic E-state index is 12.9. The Morgan fingerprint density at radius 1 is 1.04 bits per heavy atom. The van der Waals surface area contributed by atoms with Crippen molar-refractivity contribution in [3.05, 3.63) is 65.7 Å². The highest BCUT2D eigenvalue weighted by Gasteiger charge is 2.39. The molecule has 0 fully saturated rings. The van der Waals surface area contributed by atoms with Gasteiger partial charge in [-0.25, -0.2) is 4.57 Å². The van der Waals surface area contributed by atoms with Gasteiger partial charge in [0.1, 0.15) is 5.75 Å². The van der Waals surface area contributed by atoms with Gasteiger partial charge in [0, 0.05) is 5.56 Å². The SMILES string of the molecule is CC(C)(C)[Si](C)(C)Oc1cccc(C(OP(=O)(O)O)C(=O)c2ccccc2)c1. The molecule has 2 rings (SSSR count). The van der Waals surface area contributed by atoms with Gasteiger partial charge in [0.15, 0.2) is 11.9 Å². The number of ketones is 1. The van der Waals surface area contributed by atoms with Crippen LogP contribution in [0.2, 0.25) is 18.1 Å². The lowest BCUT2D eigenvalue weighted by atomic mass is 10.00. The smallest absolute Gasteiger partial charge is 0.470 e. The van der Waals surface area contributed by atoms with Crippen molar-refractivity contribution in [3.63, 3.8) is 0 Å². The Morgan fingerprint density at radius 3 is 2.18 bits per heavy atom. The highest BCUT2D eigenvalue weighted by molar-refractivity contribution is 7.46. The average Bonchev–Trinajstić information content (AvgIpc) is 2.58. The molecule has 0 aliphatic rings. The Bertz CT molecular complexity index is 870. The fraction of sp³-hybridized carbons (Fsp3) is 0.350. The zero-order valence-corrected chi connectivity index (χ0v) is 18.6. The summed E-state index contributed by atoms with van der Waals surface area (Å²) in [5.74, 6) is 0.0117. The standard InChI is InChI=1S/C20H27O6PSi/c1-20(2,3)28(4,5)26-17-13-9-12-16(14-17)19(25-27(22,23)24)18(21)15-10-7-6-8-11-15/h6-14,19H,1-5H3,(H2,22,23,24). The van der Waals surface area contributed by atoms with Gasteiger partial charge in [0.05, 0.1) is 0 Å². The average molecular weight is 422 g/mol. The van der Waals surface area contributed by atoms with E-state index in [0.717, 1.165) is 0 Å². The molecule has 6 nitrogen and oxygen atoms in total. The number of carbonyl (C=O) groups is 1. The molecule has 0 bridgehead atoms. The highest BCUT2D eigenvalue weighted by atomic mass is 31.2. The van der Waals surface area contributed by atoms with Gasteiger partial charge in [0.25, 0.3) is 0 Å². The van der Waals surface area contributed by atoms with Crippen molar-refractivity contribution in [2.75, 3.05) is 0 Å². The second-order valence-electron chi connectivity index (χ2n) is 8.14. The van der Waals surface area contributed by atoms with Crippen LogP contribution < -0.4 is 4.43 Å². The van der Waals surface area contributed by atoms with Crippen LogP contribution in [0.3, 0.4) is 0 Å². The van der Waals surface area contributed by atoms with Crippen LogP contribution in [-0.2, 0) is 9.09 Å². The third-order valence-electron chi connectivity index (χ3n) is 4.88. The van der Waals surface area contributed by atoms with E-state index in [4.69, 9.17) is 8.95 Å². The van der Waals surface area contributed by atoms with E-state index >= 15 is 0 Å². The Balaban J connectivity index is 2.41. The van der Waals surface area contributed by atoms with Gasteiger partial charge in [-0.1, -0.05) is 63.2 Å². The summed E-state index contributed by atoms with van der Waals surface area (Å²) < 4.78 is 22.6. The number of rotatable bonds is 7. The van der Waals surface area contributed by atoms with Crippen LogP contribution in [0.5, 0.6) is 5.75 Å². The number of phosphoric ester groups is 1. The number of phosphoric acid groups is 1. The van der Waals surface area contributed by atoms with E-state index in [9.17, 15) is 19.1 Å². The van der Waals surface area contributed by atoms with Gasteiger partial charge in [-0.05, 0) is 35.8 Å². The van der Waals surface area contributed by atoms with E-state index in [1.54, 1.807) is 54.6 Å². The summed E-state index contributed by atoms with van der Waals surface area (Å²) in [6.07, 6.45) is -1.44. The molecule has 1 unspecified atom stereocenters. The molecule has 1 atom stereocenters. The largest absolute Gasteiger partial charge is 0.543 e. The minimum Gasteiger partial charge on any atom is -0.543 e. The molecule has 0 amide bonds. The third kappa shape index (κ3) is 5.87. The van der Waals surface area contributed by atoms with Crippen LogP contribution in [0.25, 0.3) is 0 Å². The monoisotopic (exact) mass is 422 g/mol. The topological polar surface area (TPSA) is 93.1 Å². The lowest BCUT2D eigenvalue weighted by molar-refractivity contribution is 0.0711. The quantitative estimate of drug-likeness (QED) is 0.366. The van der Waals surface area contributed by atoms with Crippen molar-refractivity contribution in [3.8, 4) is 5.75 Å². The van der Waals surface area contributed by atoms with E-state index in [1.165, 1.54) is 0 Å². The molecule has 0 radical (unpaired) electrons. The Hall–Kier alpha value is -1.76. The van der Waals surface area contributed by atoms with Crippen molar-refractivity contribution >= 4 is 21.9 Å². The molecular weight excluding hydrogens is 395 g/mol. The van der Waals surface area contributed by atoms with Gasteiger partial charge in [-0.2, -0.15) is 0 Å². The molecule has 0 aliphatic carbocycles. The molecule has 2 N–H and O–H groups in total. The predicted molar refractivity (Wildman–Crippen MR) is 111 cm³/mol. The molecular formula is C20H27O6PSi. The summed E-state index contributed by atoms with van der Waals surface area (Å²) >= 11 is 0. The maximum Gasteiger partial charge on any atom is 0.470 e. The summed E-state index contributed by atoms with van der Waals surface area (Å²) in [6.45, 7) is 10.5. The van der Waals surface area contributed by atoms with Crippen LogP contribution >= 0.6 is 7.82 Å². The number of Topliss-reactive ketones (excluding diaryl/α,β-unsaturated/α-hetero) is 1. The molecule has 2 aromatic carbocycles. The van der Waals surface area contributed by atoms with Crippen LogP contribution in [0.15, 0.2) is 54.6 Å². The summed E-state index contributed by atoms with van der Waals surface area (Å²) in [4.78, 5) is 31.5. The van der Waals surface area contributed by atoms with E-state index < -0.39 is 28.0 Å². The molecule has 0 aromatic heterocycles. The van der Waals surface area contributed by atoms with Crippen molar-refractivity contribution in [2.24, 2.45) is 0 Å². The number of carbonyl (C=O) groups excluding carboxylic acids is 1. The lowest BCUT2D eigenvalue weighted by Crippen LogP contribution is -2.43. The Labute approximate surface area is 166 Å². The number of hydrogen-bond acceptors (Lipinski definition) is 4. The van der Waals surface area contributed by atoms with Gasteiger partial charge < -0.3 is 14.2 Å². The normalized spacial score (nSPS) is 13.8. The molecule has 8 heteroatoms. The summed E-state index contributed by atoms with van der Waals surface area (Å²) in [5, 5.41) is -0.0232. The first-order valence-electron chi connectivity index (χ1n) is 8.92. The van der Waals surface area contributed by atoms with Crippen LogP contribution in [0.4, 0.5) is 0 Å². The predicted octanol–water partition coefficient (Wildman–Crippen LogP) is 5.10. The molecule has 0 spiro atoms. The van der Waals surface area contributed by atoms with Crippen LogP contribution in [0.1, 0.15) is 42.8 Å². The van der Waals surface area contributed by atoms with Gasteiger partial charge in [-0.15, -0.1) is 0 Å². The van der Waals surface area contributed by atoms with Crippen molar-refractivity contribution in [1.82, 2.24) is 0 Å². The molecule has 0 heterocycles. The van der Waals surface area contributed by atoms with Crippen LogP contribution in [0, 0.1) is 0 Å². The van der Waals surface area contributed by atoms with E-state index in [-0.39, 0.29) is 5.04 Å². The summed E-state index contributed by atoms with van der Waals surface area (Å²) in [7, 11) is -7.02.